The monoisotopic (exact) mass is 492 g/mol. The molecule has 1 atom stereocenters. The molecule has 2 amide bonds. The summed E-state index contributed by atoms with van der Waals surface area (Å²) in [6, 6.07) is 25.4. The molecule has 0 fully saturated rings. The topological polar surface area (TPSA) is 104 Å². The number of anilines is 1. The highest BCUT2D eigenvalue weighted by molar-refractivity contribution is 6.05. The van der Waals surface area contributed by atoms with Gasteiger partial charge in [-0.2, -0.15) is 5.10 Å². The molecule has 1 aliphatic heterocycles. The number of aromatic hydroxyl groups is 1. The molecular formula is C29H24N4O4. The molecule has 2 heterocycles. The third-order valence-electron chi connectivity index (χ3n) is 6.01. The minimum Gasteiger partial charge on any atom is -0.508 e. The summed E-state index contributed by atoms with van der Waals surface area (Å²) >= 11 is 0. The number of phenols is 1. The molecular weight excluding hydrogens is 468 g/mol. The van der Waals surface area contributed by atoms with Gasteiger partial charge < -0.3 is 15.2 Å². The molecule has 5 rings (SSSR count). The summed E-state index contributed by atoms with van der Waals surface area (Å²) < 4.78 is 5.47. The zero-order chi connectivity index (χ0) is 25.6. The summed E-state index contributed by atoms with van der Waals surface area (Å²) in [5.74, 6) is -0.490. The lowest BCUT2D eigenvalue weighted by Gasteiger charge is -2.23. The summed E-state index contributed by atoms with van der Waals surface area (Å²) in [6.45, 7) is 0.113. The van der Waals surface area contributed by atoms with Crippen LogP contribution in [0.4, 0.5) is 10.5 Å². The summed E-state index contributed by atoms with van der Waals surface area (Å²) in [4.78, 5) is 30.5. The number of esters is 1. The van der Waals surface area contributed by atoms with E-state index < -0.39 is 18.0 Å². The van der Waals surface area contributed by atoms with Crippen LogP contribution in [0.15, 0.2) is 108 Å². The van der Waals surface area contributed by atoms with E-state index in [2.05, 4.69) is 15.4 Å². The van der Waals surface area contributed by atoms with Gasteiger partial charge >= 0.3 is 12.0 Å². The number of pyridine rings is 1. The molecule has 1 unspecified atom stereocenters. The second kappa shape index (κ2) is 10.7. The maximum absolute atomic E-state index is 13.5. The molecule has 0 saturated carbocycles. The van der Waals surface area contributed by atoms with Crippen molar-refractivity contribution < 1.29 is 19.4 Å². The van der Waals surface area contributed by atoms with Crippen molar-refractivity contribution >= 4 is 23.4 Å². The lowest BCUT2D eigenvalue weighted by atomic mass is 9.98. The van der Waals surface area contributed by atoms with Crippen LogP contribution < -0.4 is 5.32 Å². The molecule has 0 spiro atoms. The van der Waals surface area contributed by atoms with Crippen LogP contribution in [0.2, 0.25) is 0 Å². The molecule has 8 heteroatoms. The number of phenolic OH excluding ortho intramolecular Hbond substituents is 1. The van der Waals surface area contributed by atoms with Crippen molar-refractivity contribution in [3.63, 3.8) is 0 Å². The van der Waals surface area contributed by atoms with E-state index in [1.54, 1.807) is 67.0 Å². The second-order valence-corrected chi connectivity index (χ2v) is 8.45. The molecule has 184 valence electrons. The third kappa shape index (κ3) is 5.33. The smallest absolute Gasteiger partial charge is 0.342 e. The number of hydrazone groups is 1. The summed E-state index contributed by atoms with van der Waals surface area (Å²) in [5, 5.41) is 19.2. The molecule has 0 bridgehead atoms. The lowest BCUT2D eigenvalue weighted by molar-refractivity contribution is 0.0474. The van der Waals surface area contributed by atoms with Crippen LogP contribution in [0.5, 0.6) is 5.75 Å². The number of amides is 2. The number of para-hydroxylation sites is 2. The van der Waals surface area contributed by atoms with Gasteiger partial charge in [0.25, 0.3) is 0 Å². The Balaban J connectivity index is 1.39. The van der Waals surface area contributed by atoms with Gasteiger partial charge in [-0.25, -0.2) is 14.6 Å². The summed E-state index contributed by atoms with van der Waals surface area (Å²) in [7, 11) is 0. The highest BCUT2D eigenvalue weighted by atomic mass is 16.5. The Morgan fingerprint density at radius 2 is 1.70 bits per heavy atom. The lowest BCUT2D eigenvalue weighted by Crippen LogP contribution is -2.32. The second-order valence-electron chi connectivity index (χ2n) is 8.45. The van der Waals surface area contributed by atoms with E-state index in [-0.39, 0.29) is 17.9 Å². The average Bonchev–Trinajstić information content (AvgIpc) is 3.39. The number of hydrogen-bond acceptors (Lipinski definition) is 6. The zero-order valence-corrected chi connectivity index (χ0v) is 19.8. The fourth-order valence-corrected chi connectivity index (χ4v) is 4.16. The van der Waals surface area contributed by atoms with E-state index >= 15 is 0 Å². The molecule has 1 aliphatic rings. The molecule has 8 nitrogen and oxygen atoms in total. The number of aromatic nitrogens is 1. The van der Waals surface area contributed by atoms with Gasteiger partial charge in [-0.05, 0) is 29.8 Å². The standard InChI is InChI=1S/C29H24N4O4/c34-27-15-7-5-13-23(27)26-17-25(21-11-8-16-30-18-21)32-33(26)29(36)31-24-14-6-4-12-22(24)28(35)37-19-20-9-2-1-3-10-20/h1-16,18,26,34H,17,19H2,(H,31,36). The van der Waals surface area contributed by atoms with Crippen LogP contribution in [-0.2, 0) is 11.3 Å². The van der Waals surface area contributed by atoms with Gasteiger partial charge in [-0.1, -0.05) is 66.7 Å². The van der Waals surface area contributed by atoms with E-state index in [9.17, 15) is 14.7 Å². The van der Waals surface area contributed by atoms with Crippen molar-refractivity contribution in [2.24, 2.45) is 5.10 Å². The van der Waals surface area contributed by atoms with Gasteiger partial charge in [0.15, 0.2) is 0 Å². The quantitative estimate of drug-likeness (QED) is 0.345. The number of rotatable bonds is 6. The van der Waals surface area contributed by atoms with E-state index in [0.717, 1.165) is 11.1 Å². The first-order valence-electron chi connectivity index (χ1n) is 11.8. The predicted octanol–water partition coefficient (Wildman–Crippen LogP) is 5.53. The number of carbonyl (C=O) groups excluding carboxylic acids is 2. The predicted molar refractivity (Wildman–Crippen MR) is 139 cm³/mol. The number of nitrogens with one attached hydrogen (secondary N) is 1. The van der Waals surface area contributed by atoms with Crippen LogP contribution in [0.25, 0.3) is 0 Å². The Labute approximate surface area is 213 Å². The van der Waals surface area contributed by atoms with Crippen LogP contribution in [0.1, 0.15) is 39.5 Å². The molecule has 3 aromatic carbocycles. The SMILES string of the molecule is O=C(OCc1ccccc1)c1ccccc1NC(=O)N1N=C(c2cccnc2)CC1c1ccccc1O. The normalized spacial score (nSPS) is 14.6. The van der Waals surface area contributed by atoms with Crippen molar-refractivity contribution in [1.82, 2.24) is 9.99 Å². The molecule has 4 aromatic rings. The van der Waals surface area contributed by atoms with Gasteiger partial charge in [-0.15, -0.1) is 0 Å². The van der Waals surface area contributed by atoms with Crippen molar-refractivity contribution in [1.29, 1.82) is 0 Å². The molecule has 0 saturated heterocycles. The van der Waals surface area contributed by atoms with Crippen LogP contribution in [0, 0.1) is 0 Å². The Morgan fingerprint density at radius 3 is 2.49 bits per heavy atom. The number of nitrogens with zero attached hydrogens (tertiary/aromatic N) is 3. The molecule has 0 radical (unpaired) electrons. The number of benzene rings is 3. The van der Waals surface area contributed by atoms with Crippen LogP contribution in [0.3, 0.4) is 0 Å². The van der Waals surface area contributed by atoms with Crippen LogP contribution in [-0.4, -0.2) is 32.8 Å². The van der Waals surface area contributed by atoms with Gasteiger partial charge in [0.2, 0.25) is 0 Å². The number of carbonyl (C=O) groups is 2. The average molecular weight is 493 g/mol. The van der Waals surface area contributed by atoms with Gasteiger partial charge in [0, 0.05) is 29.9 Å². The fraction of sp³-hybridized carbons (Fsp3) is 0.103. The first-order chi connectivity index (χ1) is 18.1. The summed E-state index contributed by atoms with van der Waals surface area (Å²) in [6.07, 6.45) is 3.73. The van der Waals surface area contributed by atoms with Gasteiger partial charge in [0.1, 0.15) is 12.4 Å². The highest BCUT2D eigenvalue weighted by Crippen LogP contribution is 2.37. The van der Waals surface area contributed by atoms with E-state index in [1.165, 1.54) is 5.01 Å². The number of urea groups is 1. The van der Waals surface area contributed by atoms with Gasteiger partial charge in [0.05, 0.1) is 23.0 Å². The molecule has 37 heavy (non-hydrogen) atoms. The maximum Gasteiger partial charge on any atom is 0.342 e. The minimum atomic E-state index is -0.557. The highest BCUT2D eigenvalue weighted by Gasteiger charge is 2.35. The van der Waals surface area contributed by atoms with E-state index in [4.69, 9.17) is 4.74 Å². The molecule has 1 aromatic heterocycles. The number of ether oxygens (including phenoxy) is 1. The third-order valence-corrected chi connectivity index (χ3v) is 6.01. The van der Waals surface area contributed by atoms with Crippen molar-refractivity contribution in [3.05, 3.63) is 126 Å². The van der Waals surface area contributed by atoms with Crippen LogP contribution >= 0.6 is 0 Å². The molecule has 0 aliphatic carbocycles. The fourth-order valence-electron chi connectivity index (χ4n) is 4.16. The van der Waals surface area contributed by atoms with Crippen molar-refractivity contribution in [3.8, 4) is 5.75 Å². The van der Waals surface area contributed by atoms with Crippen molar-refractivity contribution in [2.75, 3.05) is 5.32 Å². The Bertz CT molecular complexity index is 1440. The van der Waals surface area contributed by atoms with E-state index in [0.29, 0.717) is 23.4 Å². The largest absolute Gasteiger partial charge is 0.508 e. The minimum absolute atomic E-state index is 0.0674. The van der Waals surface area contributed by atoms with Crippen molar-refractivity contribution in [2.45, 2.75) is 19.1 Å². The van der Waals surface area contributed by atoms with E-state index in [1.807, 2.05) is 36.4 Å². The first kappa shape index (κ1) is 23.7. The van der Waals surface area contributed by atoms with Gasteiger partial charge in [-0.3, -0.25) is 4.98 Å². The Hall–Kier alpha value is -4.98. The maximum atomic E-state index is 13.5. The zero-order valence-electron chi connectivity index (χ0n) is 19.8. The Kier molecular flexibility index (Phi) is 6.89. The first-order valence-corrected chi connectivity index (χ1v) is 11.8. The number of hydrogen-bond donors (Lipinski definition) is 2. The molecule has 2 N–H and O–H groups in total. The summed E-state index contributed by atoms with van der Waals surface area (Å²) in [5.41, 5.74) is 3.39. The Morgan fingerprint density at radius 1 is 0.946 bits per heavy atom.